The van der Waals surface area contributed by atoms with Crippen molar-refractivity contribution < 1.29 is 9.90 Å². The van der Waals surface area contributed by atoms with Crippen molar-refractivity contribution in [2.75, 3.05) is 20.1 Å². The fourth-order valence-electron chi connectivity index (χ4n) is 1.25. The molecule has 88 valence electrons. The van der Waals surface area contributed by atoms with E-state index in [0.717, 1.165) is 17.4 Å². The van der Waals surface area contributed by atoms with Crippen LogP contribution in [-0.2, 0) is 0 Å². The molecule has 0 atom stereocenters. The zero-order chi connectivity index (χ0) is 12.0. The van der Waals surface area contributed by atoms with Gasteiger partial charge in [-0.3, -0.25) is 4.79 Å². The van der Waals surface area contributed by atoms with E-state index >= 15 is 0 Å². The number of amides is 1. The normalized spacial score (nSPS) is 10.1. The Kier molecular flexibility index (Phi) is 5.28. The van der Waals surface area contributed by atoms with Crippen molar-refractivity contribution in [1.29, 1.82) is 0 Å². The van der Waals surface area contributed by atoms with E-state index in [-0.39, 0.29) is 11.7 Å². The minimum absolute atomic E-state index is 0.00526. The Morgan fingerprint density at radius 3 is 2.88 bits per heavy atom. The van der Waals surface area contributed by atoms with Gasteiger partial charge in [0, 0.05) is 11.0 Å². The van der Waals surface area contributed by atoms with Crippen molar-refractivity contribution in [3.8, 4) is 5.75 Å². The van der Waals surface area contributed by atoms with Crippen LogP contribution in [0.5, 0.6) is 5.75 Å². The quantitative estimate of drug-likeness (QED) is 0.719. The van der Waals surface area contributed by atoms with Crippen molar-refractivity contribution in [3.63, 3.8) is 0 Å². The fourth-order valence-corrected chi connectivity index (χ4v) is 1.61. The Labute approximate surface area is 103 Å². The van der Waals surface area contributed by atoms with E-state index in [4.69, 9.17) is 0 Å². The molecular weight excluding hydrogens is 272 g/mol. The molecule has 0 fully saturated rings. The topological polar surface area (TPSA) is 61.4 Å². The number of halogens is 1. The van der Waals surface area contributed by atoms with E-state index in [0.29, 0.717) is 12.1 Å². The Morgan fingerprint density at radius 2 is 2.19 bits per heavy atom. The first-order chi connectivity index (χ1) is 7.65. The van der Waals surface area contributed by atoms with Gasteiger partial charge in [-0.15, -0.1) is 0 Å². The zero-order valence-corrected chi connectivity index (χ0v) is 10.7. The van der Waals surface area contributed by atoms with E-state index in [2.05, 4.69) is 26.6 Å². The molecule has 0 aliphatic heterocycles. The second kappa shape index (κ2) is 6.50. The molecule has 0 radical (unpaired) electrons. The summed E-state index contributed by atoms with van der Waals surface area (Å²) >= 11 is 3.26. The minimum Gasteiger partial charge on any atom is -0.507 e. The van der Waals surface area contributed by atoms with Crippen LogP contribution in [0.3, 0.4) is 0 Å². The van der Waals surface area contributed by atoms with E-state index < -0.39 is 0 Å². The smallest absolute Gasteiger partial charge is 0.255 e. The number of hydrogen-bond donors (Lipinski definition) is 3. The molecule has 0 bridgehead atoms. The molecule has 1 rings (SSSR count). The van der Waals surface area contributed by atoms with Crippen LogP contribution in [-0.4, -0.2) is 31.2 Å². The molecule has 3 N–H and O–H groups in total. The lowest BCUT2D eigenvalue weighted by Crippen LogP contribution is -2.26. The van der Waals surface area contributed by atoms with Gasteiger partial charge in [-0.1, -0.05) is 15.9 Å². The van der Waals surface area contributed by atoms with Crippen LogP contribution in [0.1, 0.15) is 16.8 Å². The van der Waals surface area contributed by atoms with Gasteiger partial charge in [0.15, 0.2) is 0 Å². The highest BCUT2D eigenvalue weighted by molar-refractivity contribution is 9.10. The summed E-state index contributed by atoms with van der Waals surface area (Å²) in [4.78, 5) is 11.7. The summed E-state index contributed by atoms with van der Waals surface area (Å²) in [6, 6.07) is 4.78. The highest BCUT2D eigenvalue weighted by Crippen LogP contribution is 2.21. The van der Waals surface area contributed by atoms with E-state index in [1.165, 1.54) is 6.07 Å². The van der Waals surface area contributed by atoms with Crippen molar-refractivity contribution in [1.82, 2.24) is 10.6 Å². The third-order valence-corrected chi connectivity index (χ3v) is 2.59. The van der Waals surface area contributed by atoms with Crippen LogP contribution in [0.25, 0.3) is 0 Å². The molecule has 0 aliphatic rings. The maximum Gasteiger partial charge on any atom is 0.255 e. The van der Waals surface area contributed by atoms with Crippen molar-refractivity contribution in [3.05, 3.63) is 28.2 Å². The summed E-state index contributed by atoms with van der Waals surface area (Å²) < 4.78 is 0.769. The molecule has 0 aromatic heterocycles. The maximum atomic E-state index is 11.7. The SMILES string of the molecule is CNCCCNC(=O)c1cc(Br)ccc1O. The van der Waals surface area contributed by atoms with Crippen LogP contribution in [0.4, 0.5) is 0 Å². The number of hydrogen-bond acceptors (Lipinski definition) is 3. The molecule has 1 aromatic carbocycles. The van der Waals surface area contributed by atoms with Gasteiger partial charge in [0.05, 0.1) is 5.56 Å². The number of carbonyl (C=O) groups is 1. The molecule has 16 heavy (non-hydrogen) atoms. The number of nitrogens with one attached hydrogen (secondary N) is 2. The number of phenols is 1. The number of benzene rings is 1. The molecular formula is C11H15BrN2O2. The summed E-state index contributed by atoms with van der Waals surface area (Å²) in [7, 11) is 1.86. The Balaban J connectivity index is 2.55. The van der Waals surface area contributed by atoms with E-state index in [1.807, 2.05) is 7.05 Å². The average molecular weight is 287 g/mol. The van der Waals surface area contributed by atoms with Gasteiger partial charge in [-0.05, 0) is 38.2 Å². The van der Waals surface area contributed by atoms with Crippen molar-refractivity contribution in [2.45, 2.75) is 6.42 Å². The molecule has 0 unspecified atom stereocenters. The predicted molar refractivity (Wildman–Crippen MR) is 66.7 cm³/mol. The van der Waals surface area contributed by atoms with Crippen LogP contribution in [0.15, 0.2) is 22.7 Å². The molecule has 1 aromatic rings. The molecule has 0 spiro atoms. The first-order valence-electron chi connectivity index (χ1n) is 5.06. The first kappa shape index (κ1) is 13.0. The van der Waals surface area contributed by atoms with Crippen LogP contribution in [0, 0.1) is 0 Å². The third-order valence-electron chi connectivity index (χ3n) is 2.09. The average Bonchev–Trinajstić information content (AvgIpc) is 2.27. The van der Waals surface area contributed by atoms with Gasteiger partial charge in [0.25, 0.3) is 5.91 Å². The van der Waals surface area contributed by atoms with Gasteiger partial charge in [0.1, 0.15) is 5.75 Å². The number of rotatable bonds is 5. The summed E-state index contributed by atoms with van der Waals surface area (Å²) in [5.41, 5.74) is 0.291. The Hall–Kier alpha value is -1.07. The lowest BCUT2D eigenvalue weighted by Gasteiger charge is -2.07. The monoisotopic (exact) mass is 286 g/mol. The first-order valence-corrected chi connectivity index (χ1v) is 5.85. The molecule has 5 heteroatoms. The fraction of sp³-hybridized carbons (Fsp3) is 0.364. The summed E-state index contributed by atoms with van der Waals surface area (Å²) in [6.07, 6.45) is 0.858. The van der Waals surface area contributed by atoms with Crippen molar-refractivity contribution in [2.24, 2.45) is 0 Å². The van der Waals surface area contributed by atoms with Gasteiger partial charge < -0.3 is 15.7 Å². The minimum atomic E-state index is -0.255. The molecule has 0 saturated carbocycles. The summed E-state index contributed by atoms with van der Waals surface area (Å²) in [5.74, 6) is -0.260. The largest absolute Gasteiger partial charge is 0.507 e. The summed E-state index contributed by atoms with van der Waals surface area (Å²) in [5, 5.41) is 15.2. The third kappa shape index (κ3) is 3.83. The number of aromatic hydroxyl groups is 1. The molecule has 4 nitrogen and oxygen atoms in total. The number of carbonyl (C=O) groups excluding carboxylic acids is 1. The second-order valence-corrected chi connectivity index (χ2v) is 4.29. The van der Waals surface area contributed by atoms with Gasteiger partial charge in [0.2, 0.25) is 0 Å². The summed E-state index contributed by atoms with van der Waals surface area (Å²) in [6.45, 7) is 1.44. The zero-order valence-electron chi connectivity index (χ0n) is 9.09. The number of phenolic OH excluding ortho intramolecular Hbond substituents is 1. The van der Waals surface area contributed by atoms with Gasteiger partial charge in [-0.25, -0.2) is 0 Å². The second-order valence-electron chi connectivity index (χ2n) is 3.37. The lowest BCUT2D eigenvalue weighted by atomic mass is 10.2. The Bertz CT molecular complexity index is 369. The Morgan fingerprint density at radius 1 is 1.44 bits per heavy atom. The van der Waals surface area contributed by atoms with Crippen LogP contribution in [0.2, 0.25) is 0 Å². The highest BCUT2D eigenvalue weighted by atomic mass is 79.9. The van der Waals surface area contributed by atoms with Crippen LogP contribution >= 0.6 is 15.9 Å². The predicted octanol–water partition coefficient (Wildman–Crippen LogP) is 1.49. The van der Waals surface area contributed by atoms with E-state index in [1.54, 1.807) is 12.1 Å². The molecule has 0 saturated heterocycles. The maximum absolute atomic E-state index is 11.7. The standard InChI is InChI=1S/C11H15BrN2O2/c1-13-5-2-6-14-11(16)9-7-8(12)3-4-10(9)15/h3-4,7,13,15H,2,5-6H2,1H3,(H,14,16). The van der Waals surface area contributed by atoms with Gasteiger partial charge >= 0.3 is 0 Å². The molecule has 0 heterocycles. The van der Waals surface area contributed by atoms with Gasteiger partial charge in [-0.2, -0.15) is 0 Å². The highest BCUT2D eigenvalue weighted by Gasteiger charge is 2.10. The van der Waals surface area contributed by atoms with Crippen molar-refractivity contribution >= 4 is 21.8 Å². The lowest BCUT2D eigenvalue weighted by molar-refractivity contribution is 0.0950. The molecule has 0 aliphatic carbocycles. The molecule has 1 amide bonds. The van der Waals surface area contributed by atoms with E-state index in [9.17, 15) is 9.90 Å². The van der Waals surface area contributed by atoms with Crippen LogP contribution < -0.4 is 10.6 Å².